The van der Waals surface area contributed by atoms with Crippen LogP contribution in [0.5, 0.6) is 5.75 Å². The maximum absolute atomic E-state index is 13.2. The summed E-state index contributed by atoms with van der Waals surface area (Å²) < 4.78 is 6.01. The van der Waals surface area contributed by atoms with Gasteiger partial charge in [-0.1, -0.05) is 54.1 Å². The molecule has 140 valence electrons. The number of ketones is 1. The van der Waals surface area contributed by atoms with Crippen molar-refractivity contribution in [1.82, 2.24) is 0 Å². The number of halogens is 1. The van der Waals surface area contributed by atoms with Crippen molar-refractivity contribution in [2.75, 3.05) is 5.32 Å². The number of nitrogens with one attached hydrogen (secondary N) is 1. The van der Waals surface area contributed by atoms with Gasteiger partial charge >= 0.3 is 0 Å². The van der Waals surface area contributed by atoms with Crippen LogP contribution in [0.4, 0.5) is 11.4 Å². The van der Waals surface area contributed by atoms with Gasteiger partial charge in [-0.2, -0.15) is 0 Å². The molecule has 0 saturated heterocycles. The molecule has 2 atom stereocenters. The first-order valence-corrected chi connectivity index (χ1v) is 8.98. The number of ether oxygens (including phenoxy) is 1. The van der Waals surface area contributed by atoms with Crippen LogP contribution >= 0.6 is 11.6 Å². The molecule has 28 heavy (non-hydrogen) atoms. The minimum absolute atomic E-state index is 0.0834. The molecule has 3 aromatic rings. The van der Waals surface area contributed by atoms with Gasteiger partial charge in [-0.15, -0.1) is 0 Å². The highest BCUT2D eigenvalue weighted by Gasteiger charge is 2.39. The molecule has 0 aromatic heterocycles. The summed E-state index contributed by atoms with van der Waals surface area (Å²) in [5, 5.41) is 15.2. The van der Waals surface area contributed by atoms with Crippen LogP contribution in [0.15, 0.2) is 72.8 Å². The summed E-state index contributed by atoms with van der Waals surface area (Å²) in [5.74, 6) is 0.199. The lowest BCUT2D eigenvalue weighted by Gasteiger charge is -2.34. The van der Waals surface area contributed by atoms with Crippen molar-refractivity contribution in [3.8, 4) is 5.75 Å². The second kappa shape index (κ2) is 7.32. The number of benzene rings is 3. The molecule has 0 aliphatic carbocycles. The maximum Gasteiger partial charge on any atom is 0.274 e. The molecule has 3 aromatic carbocycles. The Labute approximate surface area is 165 Å². The average molecular weight is 395 g/mol. The van der Waals surface area contributed by atoms with Gasteiger partial charge in [0.1, 0.15) is 11.8 Å². The number of nitro benzene ring substituents is 1. The van der Waals surface area contributed by atoms with Gasteiger partial charge in [-0.3, -0.25) is 14.9 Å². The van der Waals surface area contributed by atoms with Crippen LogP contribution in [0.2, 0.25) is 5.02 Å². The summed E-state index contributed by atoms with van der Waals surface area (Å²) in [7, 11) is 0. The summed E-state index contributed by atoms with van der Waals surface area (Å²) in [6, 6.07) is 19.3. The molecule has 6 nitrogen and oxygen atoms in total. The Bertz CT molecular complexity index is 1060. The fourth-order valence-corrected chi connectivity index (χ4v) is 3.47. The molecular weight excluding hydrogens is 380 g/mol. The van der Waals surface area contributed by atoms with Crippen molar-refractivity contribution in [1.29, 1.82) is 0 Å². The molecule has 0 unspecified atom stereocenters. The Balaban J connectivity index is 1.83. The quantitative estimate of drug-likeness (QED) is 0.380. The van der Waals surface area contributed by atoms with Gasteiger partial charge in [0.25, 0.3) is 5.69 Å². The number of anilines is 1. The number of hydrogen-bond acceptors (Lipinski definition) is 5. The van der Waals surface area contributed by atoms with E-state index < -0.39 is 17.1 Å². The van der Waals surface area contributed by atoms with Gasteiger partial charge in [0.05, 0.1) is 16.2 Å². The molecular formula is C21H15ClN2O4. The summed E-state index contributed by atoms with van der Waals surface area (Å²) in [4.78, 5) is 24.3. The fraction of sp³-hybridized carbons (Fsp3) is 0.0952. The number of nitro groups is 1. The number of hydrogen-bond donors (Lipinski definition) is 1. The summed E-state index contributed by atoms with van der Waals surface area (Å²) in [6.45, 7) is 0. The van der Waals surface area contributed by atoms with Crippen molar-refractivity contribution >= 4 is 28.8 Å². The molecule has 0 fully saturated rings. The smallest absolute Gasteiger partial charge is 0.274 e. The van der Waals surface area contributed by atoms with Crippen LogP contribution in [0.25, 0.3) is 0 Å². The first kappa shape index (κ1) is 18.0. The Kier molecular flexibility index (Phi) is 4.71. The van der Waals surface area contributed by atoms with E-state index in [1.807, 2.05) is 6.07 Å². The first-order chi connectivity index (χ1) is 13.5. The number of carbonyl (C=O) groups excluding carboxylic acids is 1. The van der Waals surface area contributed by atoms with Crippen LogP contribution in [0, 0.1) is 10.1 Å². The third-order valence-corrected chi connectivity index (χ3v) is 4.83. The number of Topliss-reactive ketones (excluding diaryl/α,β-unsaturated/α-hetero) is 1. The van der Waals surface area contributed by atoms with Crippen molar-refractivity contribution in [3.05, 3.63) is 99.1 Å². The van der Waals surface area contributed by atoms with Gasteiger partial charge in [0.15, 0.2) is 6.10 Å². The normalized spacial score (nSPS) is 17.8. The molecule has 0 saturated carbocycles. The van der Waals surface area contributed by atoms with Crippen LogP contribution in [0.1, 0.15) is 22.0 Å². The zero-order valence-corrected chi connectivity index (χ0v) is 15.3. The highest BCUT2D eigenvalue weighted by Crippen LogP contribution is 2.41. The second-order valence-corrected chi connectivity index (χ2v) is 6.78. The molecule has 0 radical (unpaired) electrons. The minimum Gasteiger partial charge on any atom is -0.478 e. The van der Waals surface area contributed by atoms with Gasteiger partial charge in [0, 0.05) is 16.7 Å². The Morgan fingerprint density at radius 2 is 1.75 bits per heavy atom. The summed E-state index contributed by atoms with van der Waals surface area (Å²) in [6.07, 6.45) is -0.975. The van der Waals surface area contributed by atoms with E-state index in [0.29, 0.717) is 27.6 Å². The van der Waals surface area contributed by atoms with E-state index in [-0.39, 0.29) is 11.5 Å². The molecule has 0 amide bonds. The van der Waals surface area contributed by atoms with Gasteiger partial charge < -0.3 is 10.1 Å². The fourth-order valence-electron chi connectivity index (χ4n) is 3.30. The minimum atomic E-state index is -0.975. The maximum atomic E-state index is 13.2. The first-order valence-electron chi connectivity index (χ1n) is 8.60. The SMILES string of the molecule is O=C(c1ccccc1)[C@H]1Oc2ccc(Cl)cc2N[C@@H]1c1ccccc1[N+](=O)[O-]. The number of fused-ring (bicyclic) bond motifs is 1. The Morgan fingerprint density at radius 1 is 1.04 bits per heavy atom. The third-order valence-electron chi connectivity index (χ3n) is 4.59. The molecule has 1 aliphatic heterocycles. The molecule has 7 heteroatoms. The number of para-hydroxylation sites is 1. The van der Waals surface area contributed by atoms with Crippen molar-refractivity contribution < 1.29 is 14.5 Å². The topological polar surface area (TPSA) is 81.5 Å². The highest BCUT2D eigenvalue weighted by atomic mass is 35.5. The van der Waals surface area contributed by atoms with Crippen molar-refractivity contribution in [2.24, 2.45) is 0 Å². The number of nitrogens with zero attached hydrogens (tertiary/aromatic N) is 1. The van der Waals surface area contributed by atoms with Gasteiger partial charge in [-0.05, 0) is 24.3 Å². The Morgan fingerprint density at radius 3 is 2.50 bits per heavy atom. The molecule has 0 spiro atoms. The van der Waals surface area contributed by atoms with E-state index in [2.05, 4.69) is 5.32 Å². The van der Waals surface area contributed by atoms with E-state index >= 15 is 0 Å². The van der Waals surface area contributed by atoms with Gasteiger partial charge in [-0.25, -0.2) is 0 Å². The standard InChI is InChI=1S/C21H15ClN2O4/c22-14-10-11-18-16(12-14)23-19(15-8-4-5-9-17(15)24(26)27)21(28-18)20(25)13-6-2-1-3-7-13/h1-12,19,21,23H/t19-,21+/m1/s1. The van der Waals surface area contributed by atoms with E-state index in [0.717, 1.165) is 0 Å². The van der Waals surface area contributed by atoms with Crippen molar-refractivity contribution in [2.45, 2.75) is 12.1 Å². The summed E-state index contributed by atoms with van der Waals surface area (Å²) in [5.41, 5.74) is 1.33. The monoisotopic (exact) mass is 394 g/mol. The van der Waals surface area contributed by atoms with Crippen LogP contribution in [-0.2, 0) is 0 Å². The third kappa shape index (κ3) is 3.30. The number of rotatable bonds is 4. The molecule has 4 rings (SSSR count). The largest absolute Gasteiger partial charge is 0.478 e. The second-order valence-electron chi connectivity index (χ2n) is 6.35. The van der Waals surface area contributed by atoms with E-state index in [1.165, 1.54) is 6.07 Å². The summed E-state index contributed by atoms with van der Waals surface area (Å²) >= 11 is 6.08. The predicted octanol–water partition coefficient (Wildman–Crippen LogP) is 5.05. The molecule has 1 heterocycles. The van der Waals surface area contributed by atoms with Crippen LogP contribution in [0.3, 0.4) is 0 Å². The number of carbonyl (C=O) groups is 1. The van der Waals surface area contributed by atoms with Gasteiger partial charge in [0.2, 0.25) is 5.78 Å². The lowest BCUT2D eigenvalue weighted by Crippen LogP contribution is -2.41. The van der Waals surface area contributed by atoms with E-state index in [9.17, 15) is 14.9 Å². The lowest BCUT2D eigenvalue weighted by atomic mass is 9.92. The van der Waals surface area contributed by atoms with E-state index in [1.54, 1.807) is 60.7 Å². The van der Waals surface area contributed by atoms with Crippen LogP contribution < -0.4 is 10.1 Å². The van der Waals surface area contributed by atoms with E-state index in [4.69, 9.17) is 16.3 Å². The van der Waals surface area contributed by atoms with Crippen LogP contribution in [-0.4, -0.2) is 16.8 Å². The predicted molar refractivity (Wildman–Crippen MR) is 106 cm³/mol. The van der Waals surface area contributed by atoms with Crippen molar-refractivity contribution in [3.63, 3.8) is 0 Å². The Hall–Kier alpha value is -3.38. The molecule has 1 aliphatic rings. The lowest BCUT2D eigenvalue weighted by molar-refractivity contribution is -0.385. The molecule has 1 N–H and O–H groups in total. The zero-order valence-electron chi connectivity index (χ0n) is 14.5. The average Bonchev–Trinajstić information content (AvgIpc) is 2.73. The zero-order chi connectivity index (χ0) is 19.7. The highest BCUT2D eigenvalue weighted by molar-refractivity contribution is 6.31. The molecule has 0 bridgehead atoms.